The van der Waals surface area contributed by atoms with Crippen LogP contribution in [0, 0.1) is 0 Å². The van der Waals surface area contributed by atoms with Crippen LogP contribution in [-0.2, 0) is 9.84 Å². The molecule has 2 atom stereocenters. The van der Waals surface area contributed by atoms with Gasteiger partial charge in [-0.05, 0) is 39.1 Å². The molecule has 0 bridgehead atoms. The van der Waals surface area contributed by atoms with Crippen LogP contribution < -0.4 is 5.32 Å². The van der Waals surface area contributed by atoms with Crippen molar-refractivity contribution in [1.82, 2.24) is 5.32 Å². The van der Waals surface area contributed by atoms with Gasteiger partial charge in [0.2, 0.25) is 0 Å². The topological polar surface area (TPSA) is 46.2 Å². The molecule has 3 nitrogen and oxygen atoms in total. The lowest BCUT2D eigenvalue weighted by atomic mass is 10.3. The van der Waals surface area contributed by atoms with E-state index in [9.17, 15) is 8.42 Å². The highest BCUT2D eigenvalue weighted by molar-refractivity contribution is 7.92. The van der Waals surface area contributed by atoms with Gasteiger partial charge in [-0.25, -0.2) is 8.42 Å². The summed E-state index contributed by atoms with van der Waals surface area (Å²) in [5.41, 5.74) is 0. The molecule has 0 radical (unpaired) electrons. The largest absolute Gasteiger partial charge is 0.316 e. The number of hydrogen-bond acceptors (Lipinski definition) is 3. The Bertz CT molecular complexity index is 502. The standard InChI is InChI=1S/C11H15Cl2NO2S/c1-7(14-3)8(2)17(15,16)9-4-5-10(12)11(13)6-9/h4-8,14H,1-3H3. The maximum atomic E-state index is 12.3. The van der Waals surface area contributed by atoms with Gasteiger partial charge in [0.15, 0.2) is 9.84 Å². The molecule has 0 saturated carbocycles. The maximum Gasteiger partial charge on any atom is 0.182 e. The maximum absolute atomic E-state index is 12.3. The number of hydrogen-bond donors (Lipinski definition) is 1. The fourth-order valence-corrected chi connectivity index (χ4v) is 3.38. The van der Waals surface area contributed by atoms with Gasteiger partial charge in [0, 0.05) is 6.04 Å². The lowest BCUT2D eigenvalue weighted by molar-refractivity contribution is 0.539. The lowest BCUT2D eigenvalue weighted by Crippen LogP contribution is -2.38. The van der Waals surface area contributed by atoms with E-state index in [-0.39, 0.29) is 16.0 Å². The van der Waals surface area contributed by atoms with E-state index in [1.54, 1.807) is 14.0 Å². The molecular weight excluding hydrogens is 281 g/mol. The van der Waals surface area contributed by atoms with Gasteiger partial charge in [-0.2, -0.15) is 0 Å². The average molecular weight is 296 g/mol. The fraction of sp³-hybridized carbons (Fsp3) is 0.455. The number of benzene rings is 1. The molecule has 0 spiro atoms. The van der Waals surface area contributed by atoms with E-state index < -0.39 is 15.1 Å². The second-order valence-corrected chi connectivity index (χ2v) is 7.02. The van der Waals surface area contributed by atoms with Crippen molar-refractivity contribution in [2.45, 2.75) is 30.0 Å². The van der Waals surface area contributed by atoms with Crippen molar-refractivity contribution < 1.29 is 8.42 Å². The molecule has 0 aliphatic rings. The van der Waals surface area contributed by atoms with E-state index in [2.05, 4.69) is 5.32 Å². The molecule has 2 unspecified atom stereocenters. The zero-order valence-corrected chi connectivity index (χ0v) is 12.2. The minimum atomic E-state index is -3.40. The van der Waals surface area contributed by atoms with Crippen LogP contribution in [0.25, 0.3) is 0 Å². The summed E-state index contributed by atoms with van der Waals surface area (Å²) < 4.78 is 24.5. The Kier molecular flexibility index (Phi) is 4.84. The Hall–Kier alpha value is -0.290. The molecule has 0 saturated heterocycles. The Morgan fingerprint density at radius 1 is 1.18 bits per heavy atom. The van der Waals surface area contributed by atoms with Crippen molar-refractivity contribution in [3.05, 3.63) is 28.2 Å². The lowest BCUT2D eigenvalue weighted by Gasteiger charge is -2.19. The molecule has 1 rings (SSSR count). The monoisotopic (exact) mass is 295 g/mol. The molecule has 17 heavy (non-hydrogen) atoms. The molecule has 0 amide bonds. The third kappa shape index (κ3) is 3.13. The van der Waals surface area contributed by atoms with Gasteiger partial charge in [-0.1, -0.05) is 23.2 Å². The molecule has 0 fully saturated rings. The van der Waals surface area contributed by atoms with Crippen LogP contribution in [0.5, 0.6) is 0 Å². The normalized spacial score (nSPS) is 15.6. The van der Waals surface area contributed by atoms with Crippen molar-refractivity contribution >= 4 is 33.0 Å². The van der Waals surface area contributed by atoms with Gasteiger partial charge >= 0.3 is 0 Å². The Morgan fingerprint density at radius 2 is 1.76 bits per heavy atom. The summed E-state index contributed by atoms with van der Waals surface area (Å²) in [6, 6.07) is 4.21. The van der Waals surface area contributed by atoms with Gasteiger partial charge < -0.3 is 5.32 Å². The zero-order chi connectivity index (χ0) is 13.2. The predicted octanol–water partition coefficient (Wildman–Crippen LogP) is 2.76. The first-order valence-corrected chi connectivity index (χ1v) is 7.47. The van der Waals surface area contributed by atoms with Gasteiger partial charge in [-0.15, -0.1) is 0 Å². The molecule has 1 aromatic carbocycles. The van der Waals surface area contributed by atoms with Crippen molar-refractivity contribution in [3.63, 3.8) is 0 Å². The first kappa shape index (κ1) is 14.8. The van der Waals surface area contributed by atoms with E-state index in [1.807, 2.05) is 6.92 Å². The summed E-state index contributed by atoms with van der Waals surface area (Å²) in [5, 5.41) is 2.99. The van der Waals surface area contributed by atoms with E-state index in [0.717, 1.165) is 0 Å². The van der Waals surface area contributed by atoms with Gasteiger partial charge in [0.05, 0.1) is 20.2 Å². The number of halogens is 2. The summed E-state index contributed by atoms with van der Waals surface area (Å²) in [6.07, 6.45) is 0. The minimum Gasteiger partial charge on any atom is -0.316 e. The second kappa shape index (κ2) is 5.57. The highest BCUT2D eigenvalue weighted by Crippen LogP contribution is 2.27. The van der Waals surface area contributed by atoms with Crippen LogP contribution in [0.2, 0.25) is 10.0 Å². The van der Waals surface area contributed by atoms with Crippen LogP contribution in [0.3, 0.4) is 0 Å². The zero-order valence-electron chi connectivity index (χ0n) is 9.87. The average Bonchev–Trinajstić information content (AvgIpc) is 2.30. The third-order valence-corrected chi connectivity index (χ3v) is 5.91. The molecular formula is C11H15Cl2NO2S. The highest BCUT2D eigenvalue weighted by Gasteiger charge is 2.27. The van der Waals surface area contributed by atoms with E-state index in [4.69, 9.17) is 23.2 Å². The molecule has 1 aromatic rings. The molecule has 0 aliphatic carbocycles. The van der Waals surface area contributed by atoms with Crippen molar-refractivity contribution in [3.8, 4) is 0 Å². The van der Waals surface area contributed by atoms with E-state index >= 15 is 0 Å². The van der Waals surface area contributed by atoms with Crippen LogP contribution in [0.15, 0.2) is 23.1 Å². The smallest absolute Gasteiger partial charge is 0.182 e. The van der Waals surface area contributed by atoms with Gasteiger partial charge in [-0.3, -0.25) is 0 Å². The van der Waals surface area contributed by atoms with E-state index in [1.165, 1.54) is 18.2 Å². The Labute approximate surface area is 112 Å². The molecule has 0 aromatic heterocycles. The highest BCUT2D eigenvalue weighted by atomic mass is 35.5. The first-order chi connectivity index (χ1) is 7.80. The summed E-state index contributed by atoms with van der Waals surface area (Å²) in [4.78, 5) is 0.196. The van der Waals surface area contributed by atoms with Crippen molar-refractivity contribution in [1.29, 1.82) is 0 Å². The molecule has 1 N–H and O–H groups in total. The molecule has 0 aliphatic heterocycles. The summed E-state index contributed by atoms with van der Waals surface area (Å²) in [7, 11) is -1.67. The fourth-order valence-electron chi connectivity index (χ4n) is 1.37. The Morgan fingerprint density at radius 3 is 2.24 bits per heavy atom. The van der Waals surface area contributed by atoms with Crippen LogP contribution >= 0.6 is 23.2 Å². The van der Waals surface area contributed by atoms with Crippen LogP contribution in [0.4, 0.5) is 0 Å². The first-order valence-electron chi connectivity index (χ1n) is 5.17. The Balaban J connectivity index is 3.17. The van der Waals surface area contributed by atoms with Crippen LogP contribution in [-0.4, -0.2) is 26.8 Å². The number of nitrogens with one attached hydrogen (secondary N) is 1. The summed E-state index contributed by atoms with van der Waals surface area (Å²) in [5.74, 6) is 0. The summed E-state index contributed by atoms with van der Waals surface area (Å²) >= 11 is 11.6. The molecule has 6 heteroatoms. The SMILES string of the molecule is CNC(C)C(C)S(=O)(=O)c1ccc(Cl)c(Cl)c1. The van der Waals surface area contributed by atoms with Gasteiger partial charge in [0.25, 0.3) is 0 Å². The van der Waals surface area contributed by atoms with Crippen LogP contribution in [0.1, 0.15) is 13.8 Å². The number of rotatable bonds is 4. The van der Waals surface area contributed by atoms with Crippen molar-refractivity contribution in [2.75, 3.05) is 7.05 Å². The molecule has 96 valence electrons. The summed E-state index contributed by atoms with van der Waals surface area (Å²) in [6.45, 7) is 3.48. The molecule has 0 heterocycles. The number of sulfone groups is 1. The minimum absolute atomic E-state index is 0.144. The van der Waals surface area contributed by atoms with Crippen molar-refractivity contribution in [2.24, 2.45) is 0 Å². The van der Waals surface area contributed by atoms with Gasteiger partial charge in [0.1, 0.15) is 0 Å². The third-order valence-electron chi connectivity index (χ3n) is 2.87. The predicted molar refractivity (Wildman–Crippen MR) is 71.6 cm³/mol. The van der Waals surface area contributed by atoms with E-state index in [0.29, 0.717) is 5.02 Å². The quantitative estimate of drug-likeness (QED) is 0.929. The second-order valence-electron chi connectivity index (χ2n) is 3.90.